The normalized spacial score (nSPS) is 14.9. The minimum atomic E-state index is -3.69. The minimum absolute atomic E-state index is 0.123. The van der Waals surface area contributed by atoms with Crippen LogP contribution in [0, 0.1) is 0 Å². The fourth-order valence-corrected chi connectivity index (χ4v) is 4.71. The van der Waals surface area contributed by atoms with Gasteiger partial charge in [-0.05, 0) is 49.2 Å². The number of piperidine rings is 1. The van der Waals surface area contributed by atoms with Crippen molar-refractivity contribution in [2.45, 2.75) is 30.7 Å². The van der Waals surface area contributed by atoms with Gasteiger partial charge >= 0.3 is 0 Å². The second-order valence-electron chi connectivity index (χ2n) is 7.09. The van der Waals surface area contributed by atoms with Crippen LogP contribution < -0.4 is 14.8 Å². The van der Waals surface area contributed by atoms with E-state index in [1.54, 1.807) is 41.3 Å². The van der Waals surface area contributed by atoms with Gasteiger partial charge in [-0.3, -0.25) is 9.59 Å². The molecule has 0 unspecified atom stereocenters. The molecule has 0 radical (unpaired) electrons. The van der Waals surface area contributed by atoms with E-state index in [4.69, 9.17) is 4.74 Å². The first-order valence-corrected chi connectivity index (χ1v) is 11.1. The van der Waals surface area contributed by atoms with E-state index in [0.717, 1.165) is 0 Å². The van der Waals surface area contributed by atoms with Gasteiger partial charge in [-0.1, -0.05) is 12.1 Å². The third-order valence-corrected chi connectivity index (χ3v) is 6.46. The number of rotatable bonds is 6. The van der Waals surface area contributed by atoms with E-state index in [0.29, 0.717) is 42.9 Å². The molecule has 30 heavy (non-hydrogen) atoms. The van der Waals surface area contributed by atoms with Crippen molar-refractivity contribution in [3.63, 3.8) is 0 Å². The third-order valence-electron chi connectivity index (χ3n) is 4.93. The maximum Gasteiger partial charge on any atom is 0.257 e. The zero-order chi connectivity index (χ0) is 21.7. The first kappa shape index (κ1) is 21.8. The summed E-state index contributed by atoms with van der Waals surface area (Å²) in [4.78, 5) is 25.7. The van der Waals surface area contributed by atoms with Crippen LogP contribution in [-0.2, 0) is 14.8 Å². The number of para-hydroxylation sites is 1. The van der Waals surface area contributed by atoms with Crippen molar-refractivity contribution < 1.29 is 22.7 Å². The van der Waals surface area contributed by atoms with Crippen LogP contribution in [0.2, 0.25) is 0 Å². The van der Waals surface area contributed by atoms with Gasteiger partial charge in [0.1, 0.15) is 5.75 Å². The molecule has 2 N–H and O–H groups in total. The standard InChI is InChI=1S/C21H25N3O5S/c1-15(25)22-16-7-9-18(10-8-16)30(27,28)23-17-11-13-24(14-12-17)21(26)19-5-3-4-6-20(19)29-2/h3-10,17,23H,11-14H2,1-2H3,(H,22,25). The Balaban J connectivity index is 1.59. The first-order chi connectivity index (χ1) is 14.3. The second kappa shape index (κ2) is 9.27. The molecule has 160 valence electrons. The van der Waals surface area contributed by atoms with Crippen molar-refractivity contribution in [3.05, 3.63) is 54.1 Å². The number of carbonyl (C=O) groups is 2. The largest absolute Gasteiger partial charge is 0.496 e. The number of nitrogens with one attached hydrogen (secondary N) is 2. The molecule has 2 aromatic carbocycles. The van der Waals surface area contributed by atoms with Crippen LogP contribution in [-0.4, -0.2) is 51.4 Å². The van der Waals surface area contributed by atoms with E-state index in [2.05, 4.69) is 10.0 Å². The van der Waals surface area contributed by atoms with E-state index in [1.807, 2.05) is 0 Å². The molecule has 2 aromatic rings. The van der Waals surface area contributed by atoms with Gasteiger partial charge in [-0.15, -0.1) is 0 Å². The Bertz CT molecular complexity index is 1010. The Hall–Kier alpha value is -2.91. The summed E-state index contributed by atoms with van der Waals surface area (Å²) in [5.41, 5.74) is 1.03. The van der Waals surface area contributed by atoms with Gasteiger partial charge in [0.25, 0.3) is 5.91 Å². The fourth-order valence-electron chi connectivity index (χ4n) is 3.40. The number of benzene rings is 2. The smallest absolute Gasteiger partial charge is 0.257 e. The Morgan fingerprint density at radius 2 is 1.67 bits per heavy atom. The van der Waals surface area contributed by atoms with Gasteiger partial charge in [0.15, 0.2) is 0 Å². The van der Waals surface area contributed by atoms with E-state index >= 15 is 0 Å². The Labute approximate surface area is 176 Å². The monoisotopic (exact) mass is 431 g/mol. The molecule has 0 spiro atoms. The summed E-state index contributed by atoms with van der Waals surface area (Å²) in [6.45, 7) is 2.29. The van der Waals surface area contributed by atoms with Crippen LogP contribution >= 0.6 is 0 Å². The molecule has 1 aliphatic rings. The average molecular weight is 432 g/mol. The van der Waals surface area contributed by atoms with Crippen LogP contribution in [0.5, 0.6) is 5.75 Å². The van der Waals surface area contributed by atoms with Crippen LogP contribution in [0.4, 0.5) is 5.69 Å². The number of ether oxygens (including phenoxy) is 1. The highest BCUT2D eigenvalue weighted by Gasteiger charge is 2.28. The lowest BCUT2D eigenvalue weighted by atomic mass is 10.0. The van der Waals surface area contributed by atoms with Gasteiger partial charge < -0.3 is 15.0 Å². The zero-order valence-corrected chi connectivity index (χ0v) is 17.7. The molecule has 0 atom stereocenters. The summed E-state index contributed by atoms with van der Waals surface area (Å²) in [5, 5.41) is 2.60. The molecule has 1 aliphatic heterocycles. The molecular weight excluding hydrogens is 406 g/mol. The molecule has 2 amide bonds. The Morgan fingerprint density at radius 3 is 2.27 bits per heavy atom. The van der Waals surface area contributed by atoms with Crippen molar-refractivity contribution in [1.29, 1.82) is 0 Å². The molecule has 0 bridgehead atoms. The Morgan fingerprint density at radius 1 is 1.03 bits per heavy atom. The van der Waals surface area contributed by atoms with Crippen LogP contribution in [0.1, 0.15) is 30.1 Å². The highest BCUT2D eigenvalue weighted by molar-refractivity contribution is 7.89. The topological polar surface area (TPSA) is 105 Å². The first-order valence-electron chi connectivity index (χ1n) is 9.62. The van der Waals surface area contributed by atoms with Crippen molar-refractivity contribution in [1.82, 2.24) is 9.62 Å². The van der Waals surface area contributed by atoms with Gasteiger partial charge in [-0.2, -0.15) is 0 Å². The van der Waals surface area contributed by atoms with E-state index in [9.17, 15) is 18.0 Å². The molecule has 1 fully saturated rings. The van der Waals surface area contributed by atoms with E-state index < -0.39 is 10.0 Å². The van der Waals surface area contributed by atoms with E-state index in [-0.39, 0.29) is 22.8 Å². The number of methoxy groups -OCH3 is 1. The number of nitrogens with zero attached hydrogens (tertiary/aromatic N) is 1. The summed E-state index contributed by atoms with van der Waals surface area (Å²) < 4.78 is 33.3. The Kier molecular flexibility index (Phi) is 6.73. The highest BCUT2D eigenvalue weighted by atomic mass is 32.2. The summed E-state index contributed by atoms with van der Waals surface area (Å²) in [7, 11) is -2.17. The van der Waals surface area contributed by atoms with Crippen molar-refractivity contribution in [3.8, 4) is 5.75 Å². The number of anilines is 1. The number of sulfonamides is 1. The van der Waals surface area contributed by atoms with Crippen molar-refractivity contribution in [2.75, 3.05) is 25.5 Å². The number of hydrogen-bond acceptors (Lipinski definition) is 5. The highest BCUT2D eigenvalue weighted by Crippen LogP contribution is 2.22. The predicted molar refractivity (Wildman–Crippen MR) is 113 cm³/mol. The van der Waals surface area contributed by atoms with Crippen LogP contribution in [0.15, 0.2) is 53.4 Å². The van der Waals surface area contributed by atoms with Gasteiger partial charge in [0.05, 0.1) is 17.6 Å². The molecule has 1 saturated heterocycles. The molecule has 1 heterocycles. The molecule has 8 nitrogen and oxygen atoms in total. The van der Waals surface area contributed by atoms with Crippen molar-refractivity contribution in [2.24, 2.45) is 0 Å². The summed E-state index contributed by atoms with van der Waals surface area (Å²) in [6.07, 6.45) is 1.04. The summed E-state index contributed by atoms with van der Waals surface area (Å²) in [6, 6.07) is 12.8. The SMILES string of the molecule is COc1ccccc1C(=O)N1CCC(NS(=O)(=O)c2ccc(NC(C)=O)cc2)CC1. The van der Waals surface area contributed by atoms with Gasteiger partial charge in [0.2, 0.25) is 15.9 Å². The average Bonchev–Trinajstić information content (AvgIpc) is 2.73. The lowest BCUT2D eigenvalue weighted by Gasteiger charge is -2.32. The second-order valence-corrected chi connectivity index (χ2v) is 8.81. The summed E-state index contributed by atoms with van der Waals surface area (Å²) in [5.74, 6) is 0.175. The summed E-state index contributed by atoms with van der Waals surface area (Å²) >= 11 is 0. The lowest BCUT2D eigenvalue weighted by molar-refractivity contribution is -0.114. The number of carbonyl (C=O) groups excluding carboxylic acids is 2. The molecule has 9 heteroatoms. The molecule has 0 saturated carbocycles. The minimum Gasteiger partial charge on any atom is -0.496 e. The van der Waals surface area contributed by atoms with Gasteiger partial charge in [0, 0.05) is 31.7 Å². The number of likely N-dealkylation sites (tertiary alicyclic amines) is 1. The van der Waals surface area contributed by atoms with Crippen LogP contribution in [0.3, 0.4) is 0 Å². The van der Waals surface area contributed by atoms with E-state index in [1.165, 1.54) is 26.2 Å². The van der Waals surface area contributed by atoms with Crippen molar-refractivity contribution >= 4 is 27.5 Å². The molecular formula is C21H25N3O5S. The maximum absolute atomic E-state index is 12.8. The quantitative estimate of drug-likeness (QED) is 0.730. The zero-order valence-electron chi connectivity index (χ0n) is 16.9. The molecule has 0 aliphatic carbocycles. The molecule has 3 rings (SSSR count). The maximum atomic E-state index is 12.8. The van der Waals surface area contributed by atoms with Gasteiger partial charge in [-0.25, -0.2) is 13.1 Å². The third kappa shape index (κ3) is 5.17. The van der Waals surface area contributed by atoms with Crippen LogP contribution in [0.25, 0.3) is 0 Å². The lowest BCUT2D eigenvalue weighted by Crippen LogP contribution is -2.46. The molecule has 0 aromatic heterocycles. The predicted octanol–water partition coefficient (Wildman–Crippen LogP) is 2.24. The number of hydrogen-bond donors (Lipinski definition) is 2. The fraction of sp³-hybridized carbons (Fsp3) is 0.333. The number of amides is 2.